The number of Topliss-reactive ketones (excluding diaryl/α,β-unsaturated/α-hetero) is 1. The van der Waals surface area contributed by atoms with Crippen molar-refractivity contribution in [3.8, 4) is 0 Å². The van der Waals surface area contributed by atoms with E-state index in [9.17, 15) is 14.4 Å². The number of amides is 3. The van der Waals surface area contributed by atoms with Crippen LogP contribution in [0.15, 0.2) is 66.7 Å². The summed E-state index contributed by atoms with van der Waals surface area (Å²) in [6, 6.07) is 20.3. The van der Waals surface area contributed by atoms with Gasteiger partial charge in [-0.3, -0.25) is 14.5 Å². The number of carbonyl (C=O) groups excluding carboxylic acids is 3. The highest BCUT2D eigenvalue weighted by atomic mass is 16.2. The number of para-hydroxylation sites is 1. The van der Waals surface area contributed by atoms with Gasteiger partial charge in [0, 0.05) is 22.2 Å². The minimum absolute atomic E-state index is 0.277. The van der Waals surface area contributed by atoms with E-state index in [2.05, 4.69) is 10.3 Å². The van der Waals surface area contributed by atoms with E-state index in [0.717, 1.165) is 32.3 Å². The third-order valence-electron chi connectivity index (χ3n) is 6.08. The Morgan fingerprint density at radius 2 is 1.61 bits per heavy atom. The molecule has 4 aromatic rings. The first kappa shape index (κ1) is 19.1. The number of ketones is 1. The van der Waals surface area contributed by atoms with Crippen molar-refractivity contribution in [2.45, 2.75) is 19.4 Å². The molecule has 1 fully saturated rings. The molecule has 0 saturated carbocycles. The van der Waals surface area contributed by atoms with Crippen LogP contribution >= 0.6 is 0 Å². The first-order chi connectivity index (χ1) is 14.9. The van der Waals surface area contributed by atoms with E-state index >= 15 is 0 Å². The number of fused-ring (bicyclic) bond motifs is 2. The third kappa shape index (κ3) is 2.83. The van der Waals surface area contributed by atoms with E-state index in [-0.39, 0.29) is 12.3 Å². The van der Waals surface area contributed by atoms with E-state index in [1.165, 1.54) is 0 Å². The van der Waals surface area contributed by atoms with Gasteiger partial charge in [-0.1, -0.05) is 60.7 Å². The SMILES string of the molecule is Cc1[nH]c2ccccc2c1C(=O)CN1C(=O)NC(C)(c2cccc3ccccc23)C1=O. The van der Waals surface area contributed by atoms with Gasteiger partial charge in [-0.2, -0.15) is 0 Å². The molecule has 1 aliphatic heterocycles. The fourth-order valence-corrected chi connectivity index (χ4v) is 4.54. The second kappa shape index (κ2) is 6.80. The Bertz CT molecular complexity index is 1380. The quantitative estimate of drug-likeness (QED) is 0.388. The summed E-state index contributed by atoms with van der Waals surface area (Å²) in [7, 11) is 0. The average molecular weight is 411 g/mol. The number of imide groups is 1. The summed E-state index contributed by atoms with van der Waals surface area (Å²) in [5.41, 5.74) is 1.54. The number of hydrogen-bond donors (Lipinski definition) is 2. The van der Waals surface area contributed by atoms with Crippen LogP contribution in [-0.4, -0.2) is 34.2 Å². The Labute approximate surface area is 178 Å². The molecule has 1 atom stereocenters. The summed E-state index contributed by atoms with van der Waals surface area (Å²) in [5.74, 6) is -0.708. The lowest BCUT2D eigenvalue weighted by Gasteiger charge is -2.24. The Hall–Kier alpha value is -3.93. The largest absolute Gasteiger partial charge is 0.358 e. The molecule has 3 aromatic carbocycles. The number of urea groups is 1. The predicted molar refractivity (Wildman–Crippen MR) is 119 cm³/mol. The Kier molecular flexibility index (Phi) is 4.18. The number of aryl methyl sites for hydroxylation is 1. The Balaban J connectivity index is 1.50. The summed E-state index contributed by atoms with van der Waals surface area (Å²) in [4.78, 5) is 43.6. The number of H-pyrrole nitrogens is 1. The number of aromatic amines is 1. The van der Waals surface area contributed by atoms with Gasteiger partial charge in [0.2, 0.25) is 0 Å². The molecule has 0 aliphatic carbocycles. The van der Waals surface area contributed by atoms with Crippen LogP contribution in [0.3, 0.4) is 0 Å². The first-order valence-electron chi connectivity index (χ1n) is 10.1. The zero-order valence-corrected chi connectivity index (χ0v) is 17.2. The summed E-state index contributed by atoms with van der Waals surface area (Å²) in [6.45, 7) is 3.20. The van der Waals surface area contributed by atoms with Gasteiger partial charge in [-0.25, -0.2) is 4.79 Å². The van der Waals surface area contributed by atoms with E-state index in [4.69, 9.17) is 0 Å². The monoisotopic (exact) mass is 411 g/mol. The number of hydrogen-bond acceptors (Lipinski definition) is 3. The number of carbonyl (C=O) groups is 3. The van der Waals surface area contributed by atoms with Crippen LogP contribution in [0.25, 0.3) is 21.7 Å². The number of nitrogens with one attached hydrogen (secondary N) is 2. The van der Waals surface area contributed by atoms with Crippen molar-refractivity contribution in [1.29, 1.82) is 0 Å². The highest BCUT2D eigenvalue weighted by molar-refractivity contribution is 6.15. The fourth-order valence-electron chi connectivity index (χ4n) is 4.54. The van der Waals surface area contributed by atoms with Crippen molar-refractivity contribution in [2.75, 3.05) is 6.54 Å². The van der Waals surface area contributed by atoms with Gasteiger partial charge in [0.15, 0.2) is 5.78 Å². The lowest BCUT2D eigenvalue weighted by atomic mass is 9.87. The fraction of sp³-hybridized carbons (Fsp3) is 0.160. The van der Waals surface area contributed by atoms with Crippen LogP contribution in [0, 0.1) is 6.92 Å². The predicted octanol–water partition coefficient (Wildman–Crippen LogP) is 4.28. The topological polar surface area (TPSA) is 82.3 Å². The summed E-state index contributed by atoms with van der Waals surface area (Å²) >= 11 is 0. The molecule has 2 N–H and O–H groups in total. The van der Waals surface area contributed by atoms with Crippen molar-refractivity contribution < 1.29 is 14.4 Å². The lowest BCUT2D eigenvalue weighted by molar-refractivity contribution is -0.130. The van der Waals surface area contributed by atoms with Gasteiger partial charge in [-0.15, -0.1) is 0 Å². The zero-order valence-electron chi connectivity index (χ0n) is 17.2. The van der Waals surface area contributed by atoms with Crippen molar-refractivity contribution in [3.63, 3.8) is 0 Å². The smallest absolute Gasteiger partial charge is 0.325 e. The molecule has 31 heavy (non-hydrogen) atoms. The van der Waals surface area contributed by atoms with Crippen molar-refractivity contribution in [2.24, 2.45) is 0 Å². The molecule has 2 heterocycles. The van der Waals surface area contributed by atoms with Crippen molar-refractivity contribution in [1.82, 2.24) is 15.2 Å². The van der Waals surface area contributed by atoms with Gasteiger partial charge in [-0.05, 0) is 36.2 Å². The van der Waals surface area contributed by atoms with Crippen LogP contribution in [0.5, 0.6) is 0 Å². The van der Waals surface area contributed by atoms with E-state index in [1.807, 2.05) is 73.7 Å². The van der Waals surface area contributed by atoms with Gasteiger partial charge >= 0.3 is 6.03 Å². The van der Waals surface area contributed by atoms with Crippen LogP contribution in [0.4, 0.5) is 4.79 Å². The van der Waals surface area contributed by atoms with Crippen LogP contribution in [-0.2, 0) is 10.3 Å². The lowest BCUT2D eigenvalue weighted by Crippen LogP contribution is -2.41. The molecular formula is C25H21N3O3. The molecule has 6 heteroatoms. The molecule has 1 unspecified atom stereocenters. The molecule has 5 rings (SSSR count). The van der Waals surface area contributed by atoms with Crippen LogP contribution < -0.4 is 5.32 Å². The standard InChI is InChI=1S/C25H21N3O3/c1-15-22(18-11-5-6-13-20(18)26-15)21(29)14-28-23(30)25(2,27-24(28)31)19-12-7-9-16-8-3-4-10-17(16)19/h3-13,26H,14H2,1-2H3,(H,27,31). The van der Waals surface area contributed by atoms with Crippen LogP contribution in [0.2, 0.25) is 0 Å². The Morgan fingerprint density at radius 3 is 2.42 bits per heavy atom. The maximum atomic E-state index is 13.4. The van der Waals surface area contributed by atoms with E-state index in [0.29, 0.717) is 11.1 Å². The van der Waals surface area contributed by atoms with Gasteiger partial charge in [0.25, 0.3) is 5.91 Å². The molecule has 0 spiro atoms. The first-order valence-corrected chi connectivity index (χ1v) is 10.1. The molecular weight excluding hydrogens is 390 g/mol. The number of aromatic nitrogens is 1. The highest BCUT2D eigenvalue weighted by Crippen LogP contribution is 2.34. The van der Waals surface area contributed by atoms with Crippen molar-refractivity contribution in [3.05, 3.63) is 83.6 Å². The van der Waals surface area contributed by atoms with Gasteiger partial charge < -0.3 is 10.3 Å². The van der Waals surface area contributed by atoms with Gasteiger partial charge in [0.05, 0.1) is 6.54 Å². The zero-order chi connectivity index (χ0) is 21.8. The minimum Gasteiger partial charge on any atom is -0.358 e. The molecule has 1 aliphatic rings. The van der Waals surface area contributed by atoms with E-state index in [1.54, 1.807) is 6.92 Å². The van der Waals surface area contributed by atoms with Crippen molar-refractivity contribution >= 4 is 39.4 Å². The molecule has 1 saturated heterocycles. The second-order valence-corrected chi connectivity index (χ2v) is 8.07. The maximum absolute atomic E-state index is 13.4. The van der Waals surface area contributed by atoms with Gasteiger partial charge in [0.1, 0.15) is 5.54 Å². The molecule has 1 aromatic heterocycles. The third-order valence-corrected chi connectivity index (χ3v) is 6.08. The average Bonchev–Trinajstić information content (AvgIpc) is 3.21. The molecule has 0 radical (unpaired) electrons. The summed E-state index contributed by atoms with van der Waals surface area (Å²) in [6.07, 6.45) is 0. The maximum Gasteiger partial charge on any atom is 0.325 e. The summed E-state index contributed by atoms with van der Waals surface area (Å²) < 4.78 is 0. The minimum atomic E-state index is -1.24. The normalized spacial score (nSPS) is 18.7. The number of nitrogens with zero attached hydrogens (tertiary/aromatic N) is 1. The summed E-state index contributed by atoms with van der Waals surface area (Å²) in [5, 5.41) is 5.47. The second-order valence-electron chi connectivity index (χ2n) is 8.07. The van der Waals surface area contributed by atoms with E-state index < -0.39 is 17.5 Å². The molecule has 6 nitrogen and oxygen atoms in total. The Morgan fingerprint density at radius 1 is 0.935 bits per heavy atom. The number of rotatable bonds is 4. The highest BCUT2D eigenvalue weighted by Gasteiger charge is 2.50. The van der Waals surface area contributed by atoms with Crippen LogP contribution in [0.1, 0.15) is 28.5 Å². The number of benzene rings is 3. The molecule has 3 amide bonds. The molecule has 0 bridgehead atoms. The molecule has 154 valence electrons.